The average molecular weight is 314 g/mol. The molecule has 3 rings (SSSR count). The van der Waals surface area contributed by atoms with Crippen molar-refractivity contribution >= 4 is 29.7 Å². The normalized spacial score (nSPS) is 17.7. The molecule has 1 saturated heterocycles. The molecule has 0 radical (unpaired) electrons. The molecule has 1 aliphatic rings. The molecule has 1 amide bonds. The highest BCUT2D eigenvalue weighted by Gasteiger charge is 2.22. The number of rotatable bonds is 4. The van der Waals surface area contributed by atoms with Gasteiger partial charge >= 0.3 is 0 Å². The number of hydrogen-bond acceptors (Lipinski definition) is 5. The summed E-state index contributed by atoms with van der Waals surface area (Å²) in [5.41, 5.74) is 0.871. The van der Waals surface area contributed by atoms with Crippen molar-refractivity contribution in [1.29, 1.82) is 0 Å². The molecule has 2 aromatic heterocycles. The van der Waals surface area contributed by atoms with E-state index < -0.39 is 0 Å². The first-order valence-electron chi connectivity index (χ1n) is 6.29. The number of nitrogens with zero attached hydrogens (tertiary/aromatic N) is 1. The van der Waals surface area contributed by atoms with Crippen LogP contribution in [0.3, 0.4) is 0 Å². The van der Waals surface area contributed by atoms with Gasteiger partial charge in [-0.3, -0.25) is 4.79 Å². The van der Waals surface area contributed by atoms with Crippen molar-refractivity contribution in [1.82, 2.24) is 15.6 Å². The van der Waals surface area contributed by atoms with Crippen LogP contribution in [0.4, 0.5) is 0 Å². The minimum Gasteiger partial charge on any atom is -0.462 e. The molecule has 20 heavy (non-hydrogen) atoms. The quantitative estimate of drug-likeness (QED) is 0.906. The maximum Gasteiger partial charge on any atom is 0.224 e. The summed E-state index contributed by atoms with van der Waals surface area (Å²) in [7, 11) is 0. The molecular weight excluding hydrogens is 298 g/mol. The van der Waals surface area contributed by atoms with Crippen LogP contribution in [0.15, 0.2) is 28.2 Å². The van der Waals surface area contributed by atoms with Crippen LogP contribution in [-0.2, 0) is 11.3 Å². The minimum absolute atomic E-state index is 0. The second-order valence-electron chi connectivity index (χ2n) is 4.53. The van der Waals surface area contributed by atoms with Gasteiger partial charge in [-0.15, -0.1) is 23.7 Å². The van der Waals surface area contributed by atoms with Gasteiger partial charge in [-0.2, -0.15) is 0 Å². The van der Waals surface area contributed by atoms with Crippen LogP contribution in [0.1, 0.15) is 12.1 Å². The van der Waals surface area contributed by atoms with Gasteiger partial charge in [0.1, 0.15) is 0 Å². The van der Waals surface area contributed by atoms with E-state index in [-0.39, 0.29) is 24.2 Å². The van der Waals surface area contributed by atoms with E-state index >= 15 is 0 Å². The van der Waals surface area contributed by atoms with E-state index in [1.54, 1.807) is 6.26 Å². The molecule has 0 saturated carbocycles. The molecular formula is C13H16ClN3O2S. The van der Waals surface area contributed by atoms with Crippen LogP contribution >= 0.6 is 23.7 Å². The van der Waals surface area contributed by atoms with E-state index in [0.29, 0.717) is 6.54 Å². The molecule has 0 bridgehead atoms. The summed E-state index contributed by atoms with van der Waals surface area (Å²) in [6.45, 7) is 2.19. The molecule has 0 aromatic carbocycles. The molecule has 3 heterocycles. The molecule has 7 heteroatoms. The summed E-state index contributed by atoms with van der Waals surface area (Å²) in [5.74, 6) is 0.975. The number of furan rings is 1. The van der Waals surface area contributed by atoms with Gasteiger partial charge < -0.3 is 15.1 Å². The molecule has 0 spiro atoms. The number of halogens is 1. The number of aromatic nitrogens is 1. The Kier molecular flexibility index (Phi) is 5.17. The number of carbonyl (C=O) groups excluding carboxylic acids is 1. The molecule has 108 valence electrons. The SMILES string of the molecule is Cl.O=C(NCc1csc(-c2ccco2)n1)C1CCNC1. The second-order valence-corrected chi connectivity index (χ2v) is 5.39. The van der Waals surface area contributed by atoms with Crippen LogP contribution in [-0.4, -0.2) is 24.0 Å². The predicted molar refractivity (Wildman–Crippen MR) is 79.9 cm³/mol. The topological polar surface area (TPSA) is 67.2 Å². The Morgan fingerprint density at radius 2 is 2.50 bits per heavy atom. The number of thiazole rings is 1. The van der Waals surface area contributed by atoms with E-state index in [1.165, 1.54) is 11.3 Å². The maximum absolute atomic E-state index is 11.9. The molecule has 5 nitrogen and oxygen atoms in total. The van der Waals surface area contributed by atoms with E-state index in [2.05, 4.69) is 15.6 Å². The van der Waals surface area contributed by atoms with Crippen molar-refractivity contribution in [3.63, 3.8) is 0 Å². The summed E-state index contributed by atoms with van der Waals surface area (Å²) in [4.78, 5) is 16.3. The first-order chi connectivity index (χ1) is 9.33. The Balaban J connectivity index is 0.00000147. The zero-order valence-corrected chi connectivity index (χ0v) is 12.4. The summed E-state index contributed by atoms with van der Waals surface area (Å²) in [6.07, 6.45) is 2.55. The van der Waals surface area contributed by atoms with E-state index in [9.17, 15) is 4.79 Å². The fourth-order valence-electron chi connectivity index (χ4n) is 2.10. The van der Waals surface area contributed by atoms with Crippen LogP contribution in [0.25, 0.3) is 10.8 Å². The molecule has 1 unspecified atom stereocenters. The van der Waals surface area contributed by atoms with Crippen LogP contribution in [0.5, 0.6) is 0 Å². The van der Waals surface area contributed by atoms with E-state index in [4.69, 9.17) is 4.42 Å². The summed E-state index contributed by atoms with van der Waals surface area (Å²) in [5, 5.41) is 8.92. The minimum atomic E-state index is 0. The highest BCUT2D eigenvalue weighted by Crippen LogP contribution is 2.23. The summed E-state index contributed by atoms with van der Waals surface area (Å²) in [6, 6.07) is 3.72. The molecule has 2 N–H and O–H groups in total. The molecule has 1 fully saturated rings. The Hall–Kier alpha value is -1.37. The number of nitrogens with one attached hydrogen (secondary N) is 2. The Labute approximate surface area is 127 Å². The van der Waals surface area contributed by atoms with Gasteiger partial charge in [-0.25, -0.2) is 4.98 Å². The lowest BCUT2D eigenvalue weighted by Crippen LogP contribution is -2.31. The molecule has 2 aromatic rings. The van der Waals surface area contributed by atoms with Gasteiger partial charge in [0.2, 0.25) is 5.91 Å². The van der Waals surface area contributed by atoms with Gasteiger partial charge in [0.25, 0.3) is 0 Å². The number of carbonyl (C=O) groups is 1. The van der Waals surface area contributed by atoms with Gasteiger partial charge in [0, 0.05) is 11.9 Å². The lowest BCUT2D eigenvalue weighted by atomic mass is 10.1. The van der Waals surface area contributed by atoms with E-state index in [0.717, 1.165) is 36.0 Å². The van der Waals surface area contributed by atoms with Crippen LogP contribution in [0, 0.1) is 5.92 Å². The molecule has 1 atom stereocenters. The number of amides is 1. The van der Waals surface area contributed by atoms with Crippen LogP contribution < -0.4 is 10.6 Å². The number of hydrogen-bond donors (Lipinski definition) is 2. The third kappa shape index (κ3) is 3.39. The maximum atomic E-state index is 11.9. The lowest BCUT2D eigenvalue weighted by molar-refractivity contribution is -0.124. The molecule has 1 aliphatic heterocycles. The van der Waals surface area contributed by atoms with Gasteiger partial charge in [0.15, 0.2) is 10.8 Å². The largest absolute Gasteiger partial charge is 0.462 e. The Morgan fingerprint density at radius 3 is 3.20 bits per heavy atom. The monoisotopic (exact) mass is 313 g/mol. The van der Waals surface area contributed by atoms with Crippen molar-refractivity contribution in [2.45, 2.75) is 13.0 Å². The van der Waals surface area contributed by atoms with Crippen LogP contribution in [0.2, 0.25) is 0 Å². The van der Waals surface area contributed by atoms with Gasteiger partial charge in [-0.05, 0) is 25.1 Å². The predicted octanol–water partition coefficient (Wildman–Crippen LogP) is 2.05. The third-order valence-corrected chi connectivity index (χ3v) is 4.06. The smallest absolute Gasteiger partial charge is 0.224 e. The van der Waals surface area contributed by atoms with Crippen molar-refractivity contribution in [3.05, 3.63) is 29.5 Å². The van der Waals surface area contributed by atoms with Crippen molar-refractivity contribution in [2.75, 3.05) is 13.1 Å². The fourth-order valence-corrected chi connectivity index (χ4v) is 2.89. The fraction of sp³-hybridized carbons (Fsp3) is 0.385. The van der Waals surface area contributed by atoms with Crippen molar-refractivity contribution in [2.24, 2.45) is 5.92 Å². The Morgan fingerprint density at radius 1 is 1.60 bits per heavy atom. The first-order valence-corrected chi connectivity index (χ1v) is 7.17. The van der Waals surface area contributed by atoms with Gasteiger partial charge in [0.05, 0.1) is 24.4 Å². The lowest BCUT2D eigenvalue weighted by Gasteiger charge is -2.08. The first kappa shape index (κ1) is 15.0. The Bertz CT molecular complexity index is 550. The zero-order valence-electron chi connectivity index (χ0n) is 10.8. The van der Waals surface area contributed by atoms with Crippen molar-refractivity contribution < 1.29 is 9.21 Å². The van der Waals surface area contributed by atoms with Crippen molar-refractivity contribution in [3.8, 4) is 10.8 Å². The third-order valence-electron chi connectivity index (χ3n) is 3.16. The zero-order chi connectivity index (χ0) is 13.1. The highest BCUT2D eigenvalue weighted by molar-refractivity contribution is 7.13. The van der Waals surface area contributed by atoms with Gasteiger partial charge in [-0.1, -0.05) is 0 Å². The summed E-state index contributed by atoms with van der Waals surface area (Å²) < 4.78 is 5.29. The highest BCUT2D eigenvalue weighted by atomic mass is 35.5. The average Bonchev–Trinajstić information content (AvgIpc) is 3.14. The second kappa shape index (κ2) is 6.88. The summed E-state index contributed by atoms with van der Waals surface area (Å²) >= 11 is 1.52. The standard InChI is InChI=1S/C13H15N3O2S.ClH/c17-12(9-3-4-14-6-9)15-7-10-8-19-13(16-10)11-2-1-5-18-11;/h1-2,5,8-9,14H,3-4,6-7H2,(H,15,17);1H. The molecule has 0 aliphatic carbocycles. The van der Waals surface area contributed by atoms with E-state index in [1.807, 2.05) is 17.5 Å².